The molecular formula is C23H32F2O4. The SMILES string of the molecule is O=C(O)CCCCCC[C@@H]1[C@@H](CCC(O)/C=C/c2cc(F)ccc2F)CC[C@@H]1O. The molecule has 162 valence electrons. The first kappa shape index (κ1) is 23.5. The Bertz CT molecular complexity index is 677. The van der Waals surface area contributed by atoms with Gasteiger partial charge in [0.25, 0.3) is 0 Å². The molecule has 1 aliphatic carbocycles. The van der Waals surface area contributed by atoms with Gasteiger partial charge in [0.1, 0.15) is 11.6 Å². The Morgan fingerprint density at radius 1 is 1.14 bits per heavy atom. The van der Waals surface area contributed by atoms with Crippen LogP contribution in [0.2, 0.25) is 0 Å². The lowest BCUT2D eigenvalue weighted by molar-refractivity contribution is -0.137. The van der Waals surface area contributed by atoms with Crippen LogP contribution >= 0.6 is 0 Å². The minimum atomic E-state index is -0.760. The number of rotatable bonds is 12. The van der Waals surface area contributed by atoms with Crippen molar-refractivity contribution in [3.05, 3.63) is 41.5 Å². The summed E-state index contributed by atoms with van der Waals surface area (Å²) in [7, 11) is 0. The van der Waals surface area contributed by atoms with Gasteiger partial charge in [0, 0.05) is 12.0 Å². The first-order chi connectivity index (χ1) is 13.9. The van der Waals surface area contributed by atoms with Gasteiger partial charge in [-0.1, -0.05) is 31.4 Å². The van der Waals surface area contributed by atoms with Crippen LogP contribution in [0.25, 0.3) is 6.08 Å². The van der Waals surface area contributed by atoms with E-state index in [4.69, 9.17) is 5.11 Å². The van der Waals surface area contributed by atoms with Crippen LogP contribution in [-0.4, -0.2) is 33.5 Å². The van der Waals surface area contributed by atoms with Crippen LogP contribution in [0, 0.1) is 23.5 Å². The molecule has 0 aromatic heterocycles. The number of hydrogen-bond donors (Lipinski definition) is 3. The second-order valence-corrected chi connectivity index (χ2v) is 8.08. The van der Waals surface area contributed by atoms with E-state index in [1.807, 2.05) is 0 Å². The predicted molar refractivity (Wildman–Crippen MR) is 108 cm³/mol. The standard InChI is InChI=1S/C23H32F2O4/c24-18-10-13-21(25)17(15-18)8-12-19(26)11-7-16-9-14-22(27)20(16)5-3-1-2-4-6-23(28)29/h8,10,12-13,15-16,19-20,22,26-27H,1-7,9,11,14H2,(H,28,29)/b12-8+/t16-,19?,20+,22-/m0/s1. The number of unbranched alkanes of at least 4 members (excludes halogenated alkanes) is 3. The Kier molecular flexibility index (Phi) is 9.74. The maximum atomic E-state index is 13.6. The van der Waals surface area contributed by atoms with Crippen molar-refractivity contribution in [2.45, 2.75) is 76.4 Å². The number of hydrogen-bond acceptors (Lipinski definition) is 3. The molecule has 1 fully saturated rings. The maximum absolute atomic E-state index is 13.6. The summed E-state index contributed by atoms with van der Waals surface area (Å²) in [6.45, 7) is 0. The first-order valence-electron chi connectivity index (χ1n) is 10.6. The minimum Gasteiger partial charge on any atom is -0.481 e. The molecular weight excluding hydrogens is 378 g/mol. The molecule has 4 atom stereocenters. The number of aliphatic carboxylic acids is 1. The molecule has 1 aromatic carbocycles. The van der Waals surface area contributed by atoms with Gasteiger partial charge in [0.05, 0.1) is 12.2 Å². The molecule has 6 heteroatoms. The third-order valence-corrected chi connectivity index (χ3v) is 5.90. The summed E-state index contributed by atoms with van der Waals surface area (Å²) in [5, 5.41) is 29.1. The fourth-order valence-electron chi connectivity index (χ4n) is 4.26. The zero-order valence-electron chi connectivity index (χ0n) is 16.8. The van der Waals surface area contributed by atoms with Crippen molar-refractivity contribution in [3.63, 3.8) is 0 Å². The highest BCUT2D eigenvalue weighted by atomic mass is 19.1. The van der Waals surface area contributed by atoms with Gasteiger partial charge in [0.15, 0.2) is 0 Å². The highest BCUT2D eigenvalue weighted by Gasteiger charge is 2.34. The first-order valence-corrected chi connectivity index (χ1v) is 10.6. The zero-order chi connectivity index (χ0) is 21.2. The summed E-state index contributed by atoms with van der Waals surface area (Å²) in [5.74, 6) is -1.25. The second-order valence-electron chi connectivity index (χ2n) is 8.08. The van der Waals surface area contributed by atoms with Crippen LogP contribution in [-0.2, 0) is 4.79 Å². The lowest BCUT2D eigenvalue weighted by Crippen LogP contribution is -2.20. The van der Waals surface area contributed by atoms with Gasteiger partial charge < -0.3 is 15.3 Å². The molecule has 29 heavy (non-hydrogen) atoms. The van der Waals surface area contributed by atoms with Crippen LogP contribution in [0.4, 0.5) is 8.78 Å². The van der Waals surface area contributed by atoms with Crippen molar-refractivity contribution in [2.75, 3.05) is 0 Å². The average Bonchev–Trinajstić information content (AvgIpc) is 3.03. The summed E-state index contributed by atoms with van der Waals surface area (Å²) >= 11 is 0. The van der Waals surface area contributed by atoms with Crippen molar-refractivity contribution in [1.82, 2.24) is 0 Å². The number of halogens is 2. The van der Waals surface area contributed by atoms with E-state index in [0.29, 0.717) is 18.8 Å². The Labute approximate surface area is 171 Å². The normalized spacial score (nSPS) is 23.0. The van der Waals surface area contributed by atoms with Crippen molar-refractivity contribution in [2.24, 2.45) is 11.8 Å². The summed E-state index contributed by atoms with van der Waals surface area (Å²) < 4.78 is 26.8. The van der Waals surface area contributed by atoms with Gasteiger partial charge in [0.2, 0.25) is 0 Å². The minimum absolute atomic E-state index is 0.112. The highest BCUT2D eigenvalue weighted by molar-refractivity contribution is 5.66. The molecule has 4 nitrogen and oxygen atoms in total. The number of carboxylic acids is 1. The van der Waals surface area contributed by atoms with Gasteiger partial charge in [-0.3, -0.25) is 4.79 Å². The lowest BCUT2D eigenvalue weighted by Gasteiger charge is -2.22. The Morgan fingerprint density at radius 3 is 2.66 bits per heavy atom. The number of carbonyl (C=O) groups is 1. The summed E-state index contributed by atoms with van der Waals surface area (Å²) in [6, 6.07) is 3.22. The quantitative estimate of drug-likeness (QED) is 0.427. The third kappa shape index (κ3) is 8.23. The van der Waals surface area contributed by atoms with E-state index in [0.717, 1.165) is 63.1 Å². The van der Waals surface area contributed by atoms with E-state index in [-0.39, 0.29) is 24.0 Å². The Balaban J connectivity index is 1.74. The molecule has 1 aromatic rings. The van der Waals surface area contributed by atoms with Crippen molar-refractivity contribution in [1.29, 1.82) is 0 Å². The fraction of sp³-hybridized carbons (Fsp3) is 0.609. The highest BCUT2D eigenvalue weighted by Crippen LogP contribution is 2.38. The number of carboxylic acid groups (broad SMARTS) is 1. The molecule has 1 aliphatic rings. The molecule has 3 N–H and O–H groups in total. The molecule has 0 bridgehead atoms. The van der Waals surface area contributed by atoms with Crippen LogP contribution < -0.4 is 0 Å². The largest absolute Gasteiger partial charge is 0.481 e. The molecule has 0 radical (unpaired) electrons. The molecule has 0 aliphatic heterocycles. The van der Waals surface area contributed by atoms with E-state index >= 15 is 0 Å². The summed E-state index contributed by atoms with van der Waals surface area (Å²) in [4.78, 5) is 10.5. The molecule has 0 amide bonds. The van der Waals surface area contributed by atoms with E-state index in [1.165, 1.54) is 12.2 Å². The van der Waals surface area contributed by atoms with E-state index in [2.05, 4.69) is 0 Å². The average molecular weight is 411 g/mol. The van der Waals surface area contributed by atoms with Crippen molar-refractivity contribution < 1.29 is 28.9 Å². The second kappa shape index (κ2) is 12.0. The van der Waals surface area contributed by atoms with Gasteiger partial charge in [-0.2, -0.15) is 0 Å². The molecule has 0 saturated heterocycles. The van der Waals surface area contributed by atoms with Crippen LogP contribution in [0.5, 0.6) is 0 Å². The van der Waals surface area contributed by atoms with Crippen LogP contribution in [0.3, 0.4) is 0 Å². The zero-order valence-corrected chi connectivity index (χ0v) is 16.8. The van der Waals surface area contributed by atoms with Gasteiger partial charge >= 0.3 is 5.97 Å². The van der Waals surface area contributed by atoms with Crippen molar-refractivity contribution >= 4 is 12.0 Å². The molecule has 1 unspecified atom stereocenters. The van der Waals surface area contributed by atoms with Gasteiger partial charge in [-0.15, -0.1) is 0 Å². The van der Waals surface area contributed by atoms with Gasteiger partial charge in [-0.05, 0) is 68.6 Å². The maximum Gasteiger partial charge on any atom is 0.303 e. The Hall–Kier alpha value is -1.79. The van der Waals surface area contributed by atoms with Gasteiger partial charge in [-0.25, -0.2) is 8.78 Å². The number of aliphatic hydroxyl groups excluding tert-OH is 2. The summed E-state index contributed by atoms with van der Waals surface area (Å²) in [5.41, 5.74) is 0.112. The Morgan fingerprint density at radius 2 is 1.90 bits per heavy atom. The predicted octanol–water partition coefficient (Wildman–Crippen LogP) is 4.93. The van der Waals surface area contributed by atoms with Crippen molar-refractivity contribution in [3.8, 4) is 0 Å². The smallest absolute Gasteiger partial charge is 0.303 e. The topological polar surface area (TPSA) is 77.8 Å². The fourth-order valence-corrected chi connectivity index (χ4v) is 4.26. The molecule has 1 saturated carbocycles. The van der Waals surface area contributed by atoms with Crippen LogP contribution in [0.15, 0.2) is 24.3 Å². The van der Waals surface area contributed by atoms with Crippen LogP contribution in [0.1, 0.15) is 69.8 Å². The van der Waals surface area contributed by atoms with E-state index in [9.17, 15) is 23.8 Å². The number of benzene rings is 1. The van der Waals surface area contributed by atoms with E-state index in [1.54, 1.807) is 0 Å². The number of aliphatic hydroxyl groups is 2. The summed E-state index contributed by atoms with van der Waals surface area (Å²) in [6.07, 6.45) is 9.47. The monoisotopic (exact) mass is 410 g/mol. The molecule has 0 heterocycles. The lowest BCUT2D eigenvalue weighted by atomic mass is 9.85. The molecule has 0 spiro atoms. The van der Waals surface area contributed by atoms with E-state index < -0.39 is 23.7 Å². The third-order valence-electron chi connectivity index (χ3n) is 5.90. The molecule has 2 rings (SSSR count).